The van der Waals surface area contributed by atoms with Crippen molar-refractivity contribution in [2.24, 2.45) is 11.7 Å². The van der Waals surface area contributed by atoms with Crippen LogP contribution in [0.25, 0.3) is 0 Å². The first-order valence-electron chi connectivity index (χ1n) is 6.77. The Morgan fingerprint density at radius 3 is 2.75 bits per heavy atom. The zero-order chi connectivity index (χ0) is 11.6. The molecule has 0 amide bonds. The molecule has 2 aliphatic rings. The van der Waals surface area contributed by atoms with Gasteiger partial charge in [-0.15, -0.1) is 0 Å². The Morgan fingerprint density at radius 1 is 1.38 bits per heavy atom. The van der Waals surface area contributed by atoms with Crippen molar-refractivity contribution in [3.8, 4) is 0 Å². The molecule has 94 valence electrons. The Hall–Kier alpha value is -0.120. The van der Waals surface area contributed by atoms with E-state index in [0.717, 1.165) is 24.8 Å². The highest BCUT2D eigenvalue weighted by atomic mass is 16.3. The third kappa shape index (κ3) is 2.96. The lowest BCUT2D eigenvalue weighted by Crippen LogP contribution is -2.35. The fourth-order valence-electron chi connectivity index (χ4n) is 3.22. The molecular weight excluding hydrogens is 200 g/mol. The molecule has 3 atom stereocenters. The third-order valence-corrected chi connectivity index (χ3v) is 4.37. The SMILES string of the molecule is CC(O)(CN)CCCCN1CC2CCC1C2. The van der Waals surface area contributed by atoms with Crippen LogP contribution in [0.15, 0.2) is 0 Å². The van der Waals surface area contributed by atoms with Gasteiger partial charge in [0.1, 0.15) is 0 Å². The van der Waals surface area contributed by atoms with Gasteiger partial charge in [0.15, 0.2) is 0 Å². The molecule has 2 bridgehead atoms. The molecule has 3 N–H and O–H groups in total. The van der Waals surface area contributed by atoms with E-state index in [9.17, 15) is 5.11 Å². The molecule has 2 fully saturated rings. The summed E-state index contributed by atoms with van der Waals surface area (Å²) in [5.74, 6) is 0.997. The molecule has 1 saturated carbocycles. The third-order valence-electron chi connectivity index (χ3n) is 4.37. The van der Waals surface area contributed by atoms with Gasteiger partial charge in [-0.2, -0.15) is 0 Å². The van der Waals surface area contributed by atoms with Crippen molar-refractivity contribution in [3.05, 3.63) is 0 Å². The van der Waals surface area contributed by atoms with E-state index in [1.54, 1.807) is 0 Å². The first kappa shape index (κ1) is 12.3. The zero-order valence-corrected chi connectivity index (χ0v) is 10.5. The van der Waals surface area contributed by atoms with Crippen LogP contribution in [-0.4, -0.2) is 41.3 Å². The minimum absolute atomic E-state index is 0.376. The molecule has 3 unspecified atom stereocenters. The smallest absolute Gasteiger partial charge is 0.0741 e. The highest BCUT2D eigenvalue weighted by Crippen LogP contribution is 2.37. The van der Waals surface area contributed by atoms with Gasteiger partial charge in [-0.05, 0) is 57.9 Å². The molecule has 16 heavy (non-hydrogen) atoms. The summed E-state index contributed by atoms with van der Waals surface area (Å²) in [5.41, 5.74) is 4.85. The first-order chi connectivity index (χ1) is 7.61. The lowest BCUT2D eigenvalue weighted by molar-refractivity contribution is 0.0560. The molecule has 0 aromatic rings. The van der Waals surface area contributed by atoms with E-state index in [1.807, 2.05) is 6.92 Å². The molecule has 1 aliphatic heterocycles. The number of nitrogens with two attached hydrogens (primary N) is 1. The van der Waals surface area contributed by atoms with Crippen molar-refractivity contribution in [3.63, 3.8) is 0 Å². The Morgan fingerprint density at radius 2 is 2.19 bits per heavy atom. The number of aliphatic hydroxyl groups is 1. The fourth-order valence-corrected chi connectivity index (χ4v) is 3.22. The van der Waals surface area contributed by atoms with Crippen molar-refractivity contribution in [2.45, 2.75) is 57.1 Å². The van der Waals surface area contributed by atoms with Gasteiger partial charge in [-0.1, -0.05) is 0 Å². The normalized spacial score (nSPS) is 33.2. The summed E-state index contributed by atoms with van der Waals surface area (Å²) < 4.78 is 0. The number of likely N-dealkylation sites (tertiary alicyclic amines) is 1. The number of nitrogens with zero attached hydrogens (tertiary/aromatic N) is 1. The van der Waals surface area contributed by atoms with Gasteiger partial charge in [-0.25, -0.2) is 0 Å². The quantitative estimate of drug-likeness (QED) is 0.672. The van der Waals surface area contributed by atoms with Gasteiger partial charge in [0, 0.05) is 19.1 Å². The van der Waals surface area contributed by atoms with Crippen LogP contribution in [-0.2, 0) is 0 Å². The van der Waals surface area contributed by atoms with Crippen LogP contribution in [0, 0.1) is 5.92 Å². The highest BCUT2D eigenvalue weighted by Gasteiger charge is 2.36. The molecule has 0 spiro atoms. The topological polar surface area (TPSA) is 49.5 Å². The van der Waals surface area contributed by atoms with E-state index in [1.165, 1.54) is 38.8 Å². The van der Waals surface area contributed by atoms with Crippen LogP contribution in [0.3, 0.4) is 0 Å². The van der Waals surface area contributed by atoms with Gasteiger partial charge in [-0.3, -0.25) is 0 Å². The van der Waals surface area contributed by atoms with Crippen LogP contribution < -0.4 is 5.73 Å². The molecule has 1 saturated heterocycles. The summed E-state index contributed by atoms with van der Waals surface area (Å²) in [6.07, 6.45) is 7.47. The van der Waals surface area contributed by atoms with Crippen molar-refractivity contribution in [1.82, 2.24) is 4.90 Å². The number of hydrogen-bond donors (Lipinski definition) is 2. The summed E-state index contributed by atoms with van der Waals surface area (Å²) >= 11 is 0. The van der Waals surface area contributed by atoms with Gasteiger partial charge in [0.2, 0.25) is 0 Å². The summed E-state index contributed by atoms with van der Waals surface area (Å²) in [6, 6.07) is 0.889. The van der Waals surface area contributed by atoms with Crippen LogP contribution in [0.5, 0.6) is 0 Å². The molecular formula is C13H26N2O. The summed E-state index contributed by atoms with van der Waals surface area (Å²) in [5, 5.41) is 9.78. The first-order valence-corrected chi connectivity index (χ1v) is 6.77. The average Bonchev–Trinajstić information content (AvgIpc) is 2.86. The maximum Gasteiger partial charge on any atom is 0.0741 e. The molecule has 1 heterocycles. The highest BCUT2D eigenvalue weighted by molar-refractivity contribution is 4.91. The number of piperidine rings is 1. The van der Waals surface area contributed by atoms with E-state index in [-0.39, 0.29) is 0 Å². The summed E-state index contributed by atoms with van der Waals surface area (Å²) in [7, 11) is 0. The van der Waals surface area contributed by atoms with Crippen LogP contribution in [0.4, 0.5) is 0 Å². The van der Waals surface area contributed by atoms with Crippen molar-refractivity contribution in [2.75, 3.05) is 19.6 Å². The minimum Gasteiger partial charge on any atom is -0.389 e. The second kappa shape index (κ2) is 5.03. The van der Waals surface area contributed by atoms with Crippen molar-refractivity contribution < 1.29 is 5.11 Å². The number of hydrogen-bond acceptors (Lipinski definition) is 3. The van der Waals surface area contributed by atoms with E-state index < -0.39 is 5.60 Å². The van der Waals surface area contributed by atoms with Gasteiger partial charge >= 0.3 is 0 Å². The Kier molecular flexibility index (Phi) is 3.88. The predicted molar refractivity (Wildman–Crippen MR) is 66.2 cm³/mol. The average molecular weight is 226 g/mol. The molecule has 3 heteroatoms. The molecule has 1 aliphatic carbocycles. The van der Waals surface area contributed by atoms with Crippen LogP contribution >= 0.6 is 0 Å². The number of fused-ring (bicyclic) bond motifs is 2. The fraction of sp³-hybridized carbons (Fsp3) is 1.00. The standard InChI is InChI=1S/C13H26N2O/c1-13(16,10-14)6-2-3-7-15-9-11-4-5-12(15)8-11/h11-12,16H,2-10,14H2,1H3. The Balaban J connectivity index is 1.59. The zero-order valence-electron chi connectivity index (χ0n) is 10.5. The molecule has 2 rings (SSSR count). The summed E-state index contributed by atoms with van der Waals surface area (Å²) in [6.45, 7) is 4.77. The lowest BCUT2D eigenvalue weighted by atomic mass is 9.99. The van der Waals surface area contributed by atoms with Crippen molar-refractivity contribution in [1.29, 1.82) is 0 Å². The molecule has 0 radical (unpaired) electrons. The largest absolute Gasteiger partial charge is 0.389 e. The monoisotopic (exact) mass is 226 g/mol. The van der Waals surface area contributed by atoms with Gasteiger partial charge in [0.05, 0.1) is 5.60 Å². The van der Waals surface area contributed by atoms with Gasteiger partial charge in [0.25, 0.3) is 0 Å². The number of unbranched alkanes of at least 4 members (excludes halogenated alkanes) is 1. The molecule has 3 nitrogen and oxygen atoms in total. The van der Waals surface area contributed by atoms with E-state index in [0.29, 0.717) is 6.54 Å². The Labute approximate surface area is 99.0 Å². The van der Waals surface area contributed by atoms with E-state index in [2.05, 4.69) is 4.90 Å². The minimum atomic E-state index is -0.649. The number of rotatable bonds is 6. The van der Waals surface area contributed by atoms with E-state index in [4.69, 9.17) is 5.73 Å². The van der Waals surface area contributed by atoms with Crippen LogP contribution in [0.2, 0.25) is 0 Å². The molecule has 0 aromatic heterocycles. The summed E-state index contributed by atoms with van der Waals surface area (Å²) in [4.78, 5) is 2.66. The molecule has 0 aromatic carbocycles. The van der Waals surface area contributed by atoms with Crippen molar-refractivity contribution >= 4 is 0 Å². The second-order valence-corrected chi connectivity index (χ2v) is 5.99. The van der Waals surface area contributed by atoms with Gasteiger partial charge < -0.3 is 15.7 Å². The van der Waals surface area contributed by atoms with Crippen LogP contribution in [0.1, 0.15) is 45.4 Å². The maximum absolute atomic E-state index is 9.78. The maximum atomic E-state index is 9.78. The predicted octanol–water partition coefficient (Wildman–Crippen LogP) is 1.35. The second-order valence-electron chi connectivity index (χ2n) is 5.99. The Bertz CT molecular complexity index is 230. The lowest BCUT2D eigenvalue weighted by Gasteiger charge is -2.27. The van der Waals surface area contributed by atoms with E-state index >= 15 is 0 Å².